The molecule has 0 radical (unpaired) electrons. The Labute approximate surface area is 196 Å². The largest absolute Gasteiger partial charge is 0.506 e. The molecule has 166 valence electrons. The van der Waals surface area contributed by atoms with Gasteiger partial charge in [0.1, 0.15) is 11.9 Å². The molecular weight excluding hydrogens is 536 g/mol. The highest BCUT2D eigenvalue weighted by Gasteiger charge is 2.30. The molecule has 2 atom stereocenters. The minimum Gasteiger partial charge on any atom is -0.506 e. The van der Waals surface area contributed by atoms with E-state index >= 15 is 0 Å². The van der Waals surface area contributed by atoms with Gasteiger partial charge in [0.05, 0.1) is 4.47 Å². The molecule has 0 bridgehead atoms. The molecule has 2 amide bonds. The SMILES string of the molecule is CCO[C@@H](/C=C/C(=O)NO)[C@@H](OC(=O)Nc1ccc(C)cc1)c1cc(Br)cc(Br)c1O. The Bertz CT molecular complexity index is 950. The zero-order valence-corrected chi connectivity index (χ0v) is 19.9. The Morgan fingerprint density at radius 3 is 2.48 bits per heavy atom. The number of hydrogen-bond acceptors (Lipinski definition) is 6. The lowest BCUT2D eigenvalue weighted by Gasteiger charge is -2.26. The Kier molecular flexibility index (Phi) is 9.50. The number of hydrogen-bond donors (Lipinski definition) is 4. The van der Waals surface area contributed by atoms with Crippen LogP contribution in [0.15, 0.2) is 57.5 Å². The summed E-state index contributed by atoms with van der Waals surface area (Å²) in [6.45, 7) is 3.88. The Morgan fingerprint density at radius 2 is 1.87 bits per heavy atom. The lowest BCUT2D eigenvalue weighted by atomic mass is 10.0. The van der Waals surface area contributed by atoms with Crippen molar-refractivity contribution >= 4 is 49.5 Å². The first-order valence-corrected chi connectivity index (χ1v) is 10.8. The molecule has 0 saturated carbocycles. The summed E-state index contributed by atoms with van der Waals surface area (Å²) in [5.74, 6) is -0.937. The van der Waals surface area contributed by atoms with Gasteiger partial charge < -0.3 is 14.6 Å². The summed E-state index contributed by atoms with van der Waals surface area (Å²) in [4.78, 5) is 24.1. The Balaban J connectivity index is 2.40. The van der Waals surface area contributed by atoms with E-state index in [1.54, 1.807) is 31.2 Å². The van der Waals surface area contributed by atoms with E-state index < -0.39 is 24.2 Å². The van der Waals surface area contributed by atoms with Gasteiger partial charge in [-0.25, -0.2) is 10.3 Å². The maximum Gasteiger partial charge on any atom is 0.412 e. The van der Waals surface area contributed by atoms with E-state index in [-0.39, 0.29) is 17.9 Å². The van der Waals surface area contributed by atoms with Crippen LogP contribution in [0.5, 0.6) is 5.75 Å². The van der Waals surface area contributed by atoms with Crippen molar-refractivity contribution in [1.82, 2.24) is 5.48 Å². The minimum absolute atomic E-state index is 0.152. The normalized spacial score (nSPS) is 12.9. The fourth-order valence-electron chi connectivity index (χ4n) is 2.67. The highest BCUT2D eigenvalue weighted by Crippen LogP contribution is 2.39. The second-order valence-corrected chi connectivity index (χ2v) is 8.17. The number of ether oxygens (including phenoxy) is 2. The molecule has 31 heavy (non-hydrogen) atoms. The van der Waals surface area contributed by atoms with Gasteiger partial charge in [-0.15, -0.1) is 0 Å². The molecule has 0 saturated heterocycles. The van der Waals surface area contributed by atoms with E-state index in [1.807, 2.05) is 19.1 Å². The number of rotatable bonds is 8. The molecule has 8 nitrogen and oxygen atoms in total. The van der Waals surface area contributed by atoms with Crippen molar-refractivity contribution in [2.24, 2.45) is 0 Å². The maximum atomic E-state index is 12.6. The van der Waals surface area contributed by atoms with Gasteiger partial charge in [-0.05, 0) is 60.1 Å². The van der Waals surface area contributed by atoms with E-state index in [0.29, 0.717) is 14.6 Å². The number of benzene rings is 2. The highest BCUT2D eigenvalue weighted by molar-refractivity contribution is 9.11. The summed E-state index contributed by atoms with van der Waals surface area (Å²) in [5, 5.41) is 22.0. The minimum atomic E-state index is -1.12. The van der Waals surface area contributed by atoms with Crippen LogP contribution in [-0.2, 0) is 14.3 Å². The lowest BCUT2D eigenvalue weighted by molar-refractivity contribution is -0.124. The molecule has 0 aliphatic rings. The quantitative estimate of drug-likeness (QED) is 0.206. The third-order valence-electron chi connectivity index (χ3n) is 4.10. The van der Waals surface area contributed by atoms with Crippen LogP contribution >= 0.6 is 31.9 Å². The Hall–Kier alpha value is -2.40. The molecule has 4 N–H and O–H groups in total. The topological polar surface area (TPSA) is 117 Å². The van der Waals surface area contributed by atoms with E-state index in [1.165, 1.54) is 11.6 Å². The van der Waals surface area contributed by atoms with Crippen molar-refractivity contribution in [2.45, 2.75) is 26.1 Å². The third-order valence-corrected chi connectivity index (χ3v) is 5.16. The second kappa shape index (κ2) is 11.8. The first-order valence-electron chi connectivity index (χ1n) is 9.21. The zero-order chi connectivity index (χ0) is 23.0. The summed E-state index contributed by atoms with van der Waals surface area (Å²) in [6, 6.07) is 10.3. The molecule has 0 heterocycles. The van der Waals surface area contributed by atoms with E-state index in [0.717, 1.165) is 11.6 Å². The van der Waals surface area contributed by atoms with Crippen LogP contribution in [0.25, 0.3) is 0 Å². The molecule has 0 spiro atoms. The number of anilines is 1. The highest BCUT2D eigenvalue weighted by atomic mass is 79.9. The van der Waals surface area contributed by atoms with Crippen LogP contribution in [-0.4, -0.2) is 35.0 Å². The van der Waals surface area contributed by atoms with E-state index in [9.17, 15) is 14.7 Å². The average molecular weight is 558 g/mol. The number of amides is 2. The van der Waals surface area contributed by atoms with Crippen LogP contribution in [0.3, 0.4) is 0 Å². The number of carbonyl (C=O) groups is 2. The summed E-state index contributed by atoms with van der Waals surface area (Å²) >= 11 is 6.61. The van der Waals surface area contributed by atoms with Gasteiger partial charge in [0.15, 0.2) is 6.10 Å². The number of hydroxylamine groups is 1. The van der Waals surface area contributed by atoms with Gasteiger partial charge >= 0.3 is 6.09 Å². The predicted octanol–water partition coefficient (Wildman–Crippen LogP) is 4.98. The van der Waals surface area contributed by atoms with Crippen LogP contribution in [0.1, 0.15) is 24.2 Å². The number of halogens is 2. The van der Waals surface area contributed by atoms with Crippen molar-refractivity contribution in [2.75, 3.05) is 11.9 Å². The van der Waals surface area contributed by atoms with Crippen molar-refractivity contribution in [1.29, 1.82) is 0 Å². The van der Waals surface area contributed by atoms with Crippen molar-refractivity contribution in [3.63, 3.8) is 0 Å². The molecule has 2 aromatic rings. The molecule has 0 aliphatic carbocycles. The zero-order valence-electron chi connectivity index (χ0n) is 16.8. The molecule has 10 heteroatoms. The lowest BCUT2D eigenvalue weighted by Crippen LogP contribution is -2.28. The molecule has 2 aromatic carbocycles. The number of aromatic hydroxyl groups is 1. The van der Waals surface area contributed by atoms with Crippen molar-refractivity contribution in [3.05, 3.63) is 68.6 Å². The van der Waals surface area contributed by atoms with Gasteiger partial charge in [-0.3, -0.25) is 15.3 Å². The fourth-order valence-corrected chi connectivity index (χ4v) is 3.92. The number of phenolic OH excluding ortho intramolecular Hbond substituents is 1. The molecule has 0 unspecified atom stereocenters. The Morgan fingerprint density at radius 1 is 1.19 bits per heavy atom. The van der Waals surface area contributed by atoms with Crippen LogP contribution in [0.4, 0.5) is 10.5 Å². The monoisotopic (exact) mass is 556 g/mol. The average Bonchev–Trinajstić information content (AvgIpc) is 2.73. The van der Waals surface area contributed by atoms with Gasteiger partial charge in [0, 0.05) is 28.4 Å². The summed E-state index contributed by atoms with van der Waals surface area (Å²) in [7, 11) is 0. The van der Waals surface area contributed by atoms with Gasteiger partial charge in [0.25, 0.3) is 5.91 Å². The molecule has 0 fully saturated rings. The summed E-state index contributed by atoms with van der Waals surface area (Å²) in [5.41, 5.74) is 3.28. The van der Waals surface area contributed by atoms with Crippen molar-refractivity contribution < 1.29 is 29.4 Å². The van der Waals surface area contributed by atoms with Crippen LogP contribution < -0.4 is 10.8 Å². The second-order valence-electron chi connectivity index (χ2n) is 6.40. The summed E-state index contributed by atoms with van der Waals surface area (Å²) in [6.07, 6.45) is -0.486. The van der Waals surface area contributed by atoms with Crippen LogP contribution in [0, 0.1) is 6.92 Å². The molecule has 0 aromatic heterocycles. The van der Waals surface area contributed by atoms with Crippen molar-refractivity contribution in [3.8, 4) is 5.75 Å². The van der Waals surface area contributed by atoms with E-state index in [4.69, 9.17) is 14.7 Å². The fraction of sp³-hybridized carbons (Fsp3) is 0.238. The van der Waals surface area contributed by atoms with Gasteiger partial charge in [-0.1, -0.05) is 33.6 Å². The summed E-state index contributed by atoms with van der Waals surface area (Å²) < 4.78 is 12.3. The number of carbonyl (C=O) groups excluding carboxylic acids is 2. The first kappa shape index (κ1) is 24.9. The smallest absolute Gasteiger partial charge is 0.412 e. The first-order chi connectivity index (χ1) is 14.7. The predicted molar refractivity (Wildman–Crippen MR) is 122 cm³/mol. The van der Waals surface area contributed by atoms with E-state index in [2.05, 4.69) is 37.2 Å². The molecule has 0 aliphatic heterocycles. The third kappa shape index (κ3) is 7.35. The molecular formula is C21H22Br2N2O6. The van der Waals surface area contributed by atoms with Crippen LogP contribution in [0.2, 0.25) is 0 Å². The number of phenols is 1. The maximum absolute atomic E-state index is 12.6. The van der Waals surface area contributed by atoms with Gasteiger partial charge in [-0.2, -0.15) is 0 Å². The molecule has 2 rings (SSSR count). The number of aryl methyl sites for hydroxylation is 1. The standard InChI is InChI=1S/C21H22Br2N2O6/c1-3-30-17(8-9-18(26)25-29)20(15-10-13(22)11-16(23)19(15)27)31-21(28)24-14-6-4-12(2)5-7-14/h4-11,17,20,27,29H,3H2,1-2H3,(H,24,28)(H,25,26)/b9-8+/t17-,20-/m0/s1. The van der Waals surface area contributed by atoms with Gasteiger partial charge in [0.2, 0.25) is 0 Å². The number of nitrogens with one attached hydrogen (secondary N) is 2.